The van der Waals surface area contributed by atoms with Crippen molar-refractivity contribution in [1.29, 1.82) is 0 Å². The minimum absolute atomic E-state index is 0.0137. The maximum absolute atomic E-state index is 12.5. The van der Waals surface area contributed by atoms with E-state index in [9.17, 15) is 14.4 Å². The number of nitrogens with one attached hydrogen (secondary N) is 3. The zero-order valence-corrected chi connectivity index (χ0v) is 17.0. The lowest BCUT2D eigenvalue weighted by Crippen LogP contribution is -2.46. The Morgan fingerprint density at radius 1 is 0.966 bits per heavy atom. The summed E-state index contributed by atoms with van der Waals surface area (Å²) in [6.07, 6.45) is 7.49. The van der Waals surface area contributed by atoms with Crippen LogP contribution in [-0.2, 0) is 9.59 Å². The Labute approximate surface area is 172 Å². The summed E-state index contributed by atoms with van der Waals surface area (Å²) >= 11 is 0. The fourth-order valence-corrected chi connectivity index (χ4v) is 4.11. The number of likely N-dealkylation sites (tertiary alicyclic amines) is 1. The van der Waals surface area contributed by atoms with Gasteiger partial charge in [0.2, 0.25) is 11.8 Å². The van der Waals surface area contributed by atoms with Gasteiger partial charge in [0.15, 0.2) is 0 Å². The Bertz CT molecular complexity index is 689. The van der Waals surface area contributed by atoms with Gasteiger partial charge in [-0.25, -0.2) is 4.79 Å². The molecule has 0 unspecified atom stereocenters. The molecule has 2 aliphatic rings. The second kappa shape index (κ2) is 10.8. The summed E-state index contributed by atoms with van der Waals surface area (Å²) in [5.41, 5.74) is 0.772. The van der Waals surface area contributed by atoms with Crippen LogP contribution in [0.1, 0.15) is 51.4 Å². The second-order valence-electron chi connectivity index (χ2n) is 8.02. The molecular formula is C22H32N4O3. The first kappa shape index (κ1) is 21.1. The molecule has 1 aliphatic heterocycles. The van der Waals surface area contributed by atoms with E-state index in [4.69, 9.17) is 0 Å². The minimum atomic E-state index is -0.199. The topological polar surface area (TPSA) is 90.5 Å². The van der Waals surface area contributed by atoms with Crippen LogP contribution in [0.2, 0.25) is 0 Å². The summed E-state index contributed by atoms with van der Waals surface area (Å²) in [5.74, 6) is -0.255. The van der Waals surface area contributed by atoms with E-state index < -0.39 is 0 Å². The van der Waals surface area contributed by atoms with Crippen LogP contribution in [0.3, 0.4) is 0 Å². The molecule has 0 radical (unpaired) electrons. The Balaban J connectivity index is 1.37. The van der Waals surface area contributed by atoms with Crippen LogP contribution in [0, 0.1) is 5.92 Å². The first-order valence-corrected chi connectivity index (χ1v) is 10.8. The second-order valence-corrected chi connectivity index (χ2v) is 8.02. The molecule has 1 heterocycles. The van der Waals surface area contributed by atoms with Gasteiger partial charge in [-0.05, 0) is 37.8 Å². The summed E-state index contributed by atoms with van der Waals surface area (Å²) in [5, 5.41) is 8.70. The van der Waals surface area contributed by atoms with Gasteiger partial charge < -0.3 is 20.9 Å². The maximum atomic E-state index is 12.5. The van der Waals surface area contributed by atoms with Gasteiger partial charge in [-0.3, -0.25) is 9.59 Å². The van der Waals surface area contributed by atoms with Gasteiger partial charge >= 0.3 is 6.03 Å². The molecule has 4 amide bonds. The largest absolute Gasteiger partial charge is 0.342 e. The number of nitrogens with zero attached hydrogens (tertiary/aromatic N) is 1. The Morgan fingerprint density at radius 3 is 2.48 bits per heavy atom. The van der Waals surface area contributed by atoms with Crippen molar-refractivity contribution in [3.63, 3.8) is 0 Å². The number of anilines is 1. The average molecular weight is 401 g/mol. The molecule has 1 aromatic carbocycles. The molecule has 7 heteroatoms. The number of amides is 4. The first-order valence-electron chi connectivity index (χ1n) is 10.8. The van der Waals surface area contributed by atoms with Crippen molar-refractivity contribution in [2.75, 3.05) is 25.0 Å². The SMILES string of the molecule is O=C(NCCC(=O)N1CCC[C@@H](C(=O)Nc2ccccc2)C1)NC1CCCCC1. The summed E-state index contributed by atoms with van der Waals surface area (Å²) < 4.78 is 0. The number of rotatable bonds is 6. The van der Waals surface area contributed by atoms with Gasteiger partial charge in [0.05, 0.1) is 5.92 Å². The monoisotopic (exact) mass is 400 g/mol. The van der Waals surface area contributed by atoms with E-state index in [2.05, 4.69) is 16.0 Å². The van der Waals surface area contributed by atoms with E-state index in [1.165, 1.54) is 6.42 Å². The smallest absolute Gasteiger partial charge is 0.315 e. The number of hydrogen-bond acceptors (Lipinski definition) is 3. The molecule has 7 nitrogen and oxygen atoms in total. The third-order valence-electron chi connectivity index (χ3n) is 5.75. The molecule has 3 N–H and O–H groups in total. The van der Waals surface area contributed by atoms with Crippen LogP contribution < -0.4 is 16.0 Å². The number of hydrogen-bond donors (Lipinski definition) is 3. The summed E-state index contributed by atoms with van der Waals surface area (Å²) in [6, 6.07) is 9.43. The number of urea groups is 1. The van der Waals surface area contributed by atoms with Crippen LogP contribution in [0.4, 0.5) is 10.5 Å². The van der Waals surface area contributed by atoms with Gasteiger partial charge in [-0.1, -0.05) is 37.5 Å². The fourth-order valence-electron chi connectivity index (χ4n) is 4.11. The highest BCUT2D eigenvalue weighted by atomic mass is 16.2. The van der Waals surface area contributed by atoms with Crippen molar-refractivity contribution >= 4 is 23.5 Å². The number of piperidine rings is 1. The Morgan fingerprint density at radius 2 is 1.72 bits per heavy atom. The molecule has 1 aromatic rings. The highest BCUT2D eigenvalue weighted by Crippen LogP contribution is 2.19. The molecule has 158 valence electrons. The van der Waals surface area contributed by atoms with Crippen molar-refractivity contribution < 1.29 is 14.4 Å². The molecule has 2 fully saturated rings. The van der Waals surface area contributed by atoms with Crippen molar-refractivity contribution in [2.24, 2.45) is 5.92 Å². The molecule has 1 saturated heterocycles. The lowest BCUT2D eigenvalue weighted by atomic mass is 9.96. The van der Waals surface area contributed by atoms with Crippen molar-refractivity contribution in [1.82, 2.24) is 15.5 Å². The summed E-state index contributed by atoms with van der Waals surface area (Å²) in [7, 11) is 0. The van der Waals surface area contributed by atoms with Crippen molar-refractivity contribution in [3.8, 4) is 0 Å². The van der Waals surface area contributed by atoms with Gasteiger partial charge in [-0.15, -0.1) is 0 Å². The predicted octanol–water partition coefficient (Wildman–Crippen LogP) is 2.89. The van der Waals surface area contributed by atoms with Crippen LogP contribution in [0.5, 0.6) is 0 Å². The predicted molar refractivity (Wildman–Crippen MR) is 112 cm³/mol. The molecule has 1 atom stereocenters. The van der Waals surface area contributed by atoms with Gasteiger partial charge in [0, 0.05) is 37.8 Å². The standard InChI is InChI=1S/C22H32N4O3/c27-20(13-14-23-22(29)25-19-11-5-2-6-12-19)26-15-7-8-17(16-26)21(28)24-18-9-3-1-4-10-18/h1,3-4,9-10,17,19H,2,5-8,11-16H2,(H,24,28)(H2,23,25,29)/t17-/m1/s1. The molecule has 29 heavy (non-hydrogen) atoms. The van der Waals surface area contributed by atoms with E-state index in [1.807, 2.05) is 30.3 Å². The third kappa shape index (κ3) is 6.76. The summed E-state index contributed by atoms with van der Waals surface area (Å²) in [6.45, 7) is 1.42. The molecular weight excluding hydrogens is 368 g/mol. The summed E-state index contributed by atoms with van der Waals surface area (Å²) in [4.78, 5) is 38.8. The van der Waals surface area contributed by atoms with E-state index in [-0.39, 0.29) is 36.2 Å². The molecule has 3 rings (SSSR count). The van der Waals surface area contributed by atoms with E-state index in [1.54, 1.807) is 4.90 Å². The lowest BCUT2D eigenvalue weighted by Gasteiger charge is -2.32. The van der Waals surface area contributed by atoms with E-state index in [0.29, 0.717) is 19.6 Å². The number of carbonyl (C=O) groups is 3. The lowest BCUT2D eigenvalue weighted by molar-refractivity contribution is -0.134. The van der Waals surface area contributed by atoms with Crippen LogP contribution in [0.15, 0.2) is 30.3 Å². The van der Waals surface area contributed by atoms with Crippen LogP contribution >= 0.6 is 0 Å². The molecule has 1 saturated carbocycles. The first-order chi connectivity index (χ1) is 14.1. The third-order valence-corrected chi connectivity index (χ3v) is 5.75. The zero-order chi connectivity index (χ0) is 20.5. The number of para-hydroxylation sites is 1. The highest BCUT2D eigenvalue weighted by molar-refractivity contribution is 5.93. The molecule has 1 aliphatic carbocycles. The Kier molecular flexibility index (Phi) is 7.90. The zero-order valence-electron chi connectivity index (χ0n) is 17.0. The highest BCUT2D eigenvalue weighted by Gasteiger charge is 2.28. The minimum Gasteiger partial charge on any atom is -0.342 e. The molecule has 0 bridgehead atoms. The van der Waals surface area contributed by atoms with Crippen molar-refractivity contribution in [2.45, 2.75) is 57.4 Å². The van der Waals surface area contributed by atoms with Gasteiger partial charge in [0.1, 0.15) is 0 Å². The normalized spacial score (nSPS) is 20.0. The van der Waals surface area contributed by atoms with Gasteiger partial charge in [-0.2, -0.15) is 0 Å². The Hall–Kier alpha value is -2.57. The van der Waals surface area contributed by atoms with Crippen LogP contribution in [0.25, 0.3) is 0 Å². The van der Waals surface area contributed by atoms with E-state index >= 15 is 0 Å². The number of carbonyl (C=O) groups excluding carboxylic acids is 3. The van der Waals surface area contributed by atoms with Crippen LogP contribution in [-0.4, -0.2) is 48.4 Å². The molecule has 0 spiro atoms. The number of benzene rings is 1. The quantitative estimate of drug-likeness (QED) is 0.686. The van der Waals surface area contributed by atoms with Crippen molar-refractivity contribution in [3.05, 3.63) is 30.3 Å². The van der Waals surface area contributed by atoms with E-state index in [0.717, 1.165) is 44.2 Å². The fraction of sp³-hybridized carbons (Fsp3) is 0.591. The maximum Gasteiger partial charge on any atom is 0.315 e. The van der Waals surface area contributed by atoms with Gasteiger partial charge in [0.25, 0.3) is 0 Å². The average Bonchev–Trinajstić information content (AvgIpc) is 2.75. The molecule has 0 aromatic heterocycles.